The molecule has 0 aromatic heterocycles. The van der Waals surface area contributed by atoms with Crippen LogP contribution in [0.2, 0.25) is 0 Å². The van der Waals surface area contributed by atoms with E-state index in [4.69, 9.17) is 10.5 Å². The van der Waals surface area contributed by atoms with E-state index < -0.39 is 10.2 Å². The predicted octanol–water partition coefficient (Wildman–Crippen LogP) is 1.41. The Labute approximate surface area is 126 Å². The molecule has 2 rings (SSSR count). The molecule has 0 amide bonds. The molecule has 1 unspecified atom stereocenters. The summed E-state index contributed by atoms with van der Waals surface area (Å²) in [5.41, 5.74) is 6.13. The van der Waals surface area contributed by atoms with Gasteiger partial charge < -0.3 is 10.5 Å². The van der Waals surface area contributed by atoms with E-state index in [-0.39, 0.29) is 5.92 Å². The summed E-state index contributed by atoms with van der Waals surface area (Å²) in [5, 5.41) is 0. The van der Waals surface area contributed by atoms with Gasteiger partial charge in [0.2, 0.25) is 0 Å². The Kier molecular flexibility index (Phi) is 5.44. The average Bonchev–Trinajstić information content (AvgIpc) is 2.49. The van der Waals surface area contributed by atoms with Gasteiger partial charge in [0.15, 0.2) is 0 Å². The molecule has 3 N–H and O–H groups in total. The summed E-state index contributed by atoms with van der Waals surface area (Å²) < 4.78 is 34.5. The van der Waals surface area contributed by atoms with E-state index in [9.17, 15) is 8.42 Å². The van der Waals surface area contributed by atoms with Crippen LogP contribution in [0.25, 0.3) is 0 Å². The number of hydrogen-bond acceptors (Lipinski definition) is 4. The van der Waals surface area contributed by atoms with Crippen molar-refractivity contribution in [3.63, 3.8) is 0 Å². The smallest absolute Gasteiger partial charge is 0.301 e. The van der Waals surface area contributed by atoms with E-state index in [1.165, 1.54) is 4.31 Å². The van der Waals surface area contributed by atoms with Crippen molar-refractivity contribution in [3.8, 4) is 5.75 Å². The third-order valence-electron chi connectivity index (χ3n) is 3.58. The highest BCUT2D eigenvalue weighted by atomic mass is 32.2. The molecule has 6 nitrogen and oxygen atoms in total. The zero-order valence-corrected chi connectivity index (χ0v) is 13.1. The lowest BCUT2D eigenvalue weighted by atomic mass is 10.0. The van der Waals surface area contributed by atoms with E-state index >= 15 is 0 Å². The van der Waals surface area contributed by atoms with Crippen molar-refractivity contribution in [2.45, 2.75) is 19.8 Å². The summed E-state index contributed by atoms with van der Waals surface area (Å²) in [5.74, 6) is 0.772. The van der Waals surface area contributed by atoms with Gasteiger partial charge in [-0.1, -0.05) is 12.1 Å². The van der Waals surface area contributed by atoms with Gasteiger partial charge >= 0.3 is 10.2 Å². The molecule has 0 aliphatic carbocycles. The van der Waals surface area contributed by atoms with Gasteiger partial charge in [-0.2, -0.15) is 12.7 Å². The molecule has 1 saturated heterocycles. The standard InChI is InChI=1S/C14H23N3O3S/c1-2-20-14-8-4-3-7-13(14)16-21(18,19)17-9-5-6-12(10-15)11-17/h3-4,7-8,12,16H,2,5-6,9-11,15H2,1H3. The summed E-state index contributed by atoms with van der Waals surface area (Å²) in [4.78, 5) is 0. The molecule has 1 aliphatic heterocycles. The molecule has 0 saturated carbocycles. The van der Waals surface area contributed by atoms with Crippen LogP contribution in [0.4, 0.5) is 5.69 Å². The van der Waals surface area contributed by atoms with Crippen LogP contribution in [0.3, 0.4) is 0 Å². The van der Waals surface area contributed by atoms with Crippen molar-refractivity contribution in [2.75, 3.05) is 31.0 Å². The number of piperidine rings is 1. The number of nitrogens with two attached hydrogens (primary N) is 1. The fourth-order valence-electron chi connectivity index (χ4n) is 2.47. The third kappa shape index (κ3) is 4.09. The molecular weight excluding hydrogens is 290 g/mol. The van der Waals surface area contributed by atoms with Gasteiger partial charge in [-0.25, -0.2) is 0 Å². The topological polar surface area (TPSA) is 84.7 Å². The molecule has 1 aliphatic rings. The van der Waals surface area contributed by atoms with Gasteiger partial charge in [-0.3, -0.25) is 4.72 Å². The summed E-state index contributed by atoms with van der Waals surface area (Å²) in [6.45, 7) is 3.87. The predicted molar refractivity (Wildman–Crippen MR) is 83.5 cm³/mol. The van der Waals surface area contributed by atoms with Crippen LogP contribution in [-0.2, 0) is 10.2 Å². The number of anilines is 1. The van der Waals surface area contributed by atoms with Crippen molar-refractivity contribution in [2.24, 2.45) is 11.7 Å². The van der Waals surface area contributed by atoms with E-state index in [0.29, 0.717) is 37.7 Å². The Morgan fingerprint density at radius 1 is 1.43 bits per heavy atom. The van der Waals surface area contributed by atoms with Crippen LogP contribution in [0.1, 0.15) is 19.8 Å². The monoisotopic (exact) mass is 313 g/mol. The minimum Gasteiger partial charge on any atom is -0.492 e. The Morgan fingerprint density at radius 3 is 2.90 bits per heavy atom. The Hall–Kier alpha value is -1.31. The summed E-state index contributed by atoms with van der Waals surface area (Å²) in [6, 6.07) is 7.04. The van der Waals surface area contributed by atoms with Crippen LogP contribution in [-0.4, -0.2) is 39.0 Å². The van der Waals surface area contributed by atoms with Crippen LogP contribution >= 0.6 is 0 Å². The fraction of sp³-hybridized carbons (Fsp3) is 0.571. The number of rotatable bonds is 6. The number of nitrogens with one attached hydrogen (secondary N) is 1. The van der Waals surface area contributed by atoms with E-state index in [2.05, 4.69) is 4.72 Å². The molecule has 1 heterocycles. The highest BCUT2D eigenvalue weighted by molar-refractivity contribution is 7.90. The number of para-hydroxylation sites is 2. The van der Waals surface area contributed by atoms with Crippen molar-refractivity contribution in [1.29, 1.82) is 0 Å². The van der Waals surface area contributed by atoms with Gasteiger partial charge in [0, 0.05) is 13.1 Å². The molecule has 7 heteroatoms. The zero-order chi connectivity index (χ0) is 15.3. The quantitative estimate of drug-likeness (QED) is 0.831. The summed E-state index contributed by atoms with van der Waals surface area (Å²) in [6.07, 6.45) is 1.83. The van der Waals surface area contributed by atoms with Crippen molar-refractivity contribution in [1.82, 2.24) is 4.31 Å². The Bertz CT molecular complexity index is 562. The van der Waals surface area contributed by atoms with Crippen LogP contribution in [0.5, 0.6) is 5.75 Å². The van der Waals surface area contributed by atoms with E-state index in [1.807, 2.05) is 13.0 Å². The normalized spacial score (nSPS) is 20.2. The number of ether oxygens (including phenoxy) is 1. The highest BCUT2D eigenvalue weighted by Crippen LogP contribution is 2.26. The van der Waals surface area contributed by atoms with Crippen molar-refractivity contribution >= 4 is 15.9 Å². The number of benzene rings is 1. The maximum atomic E-state index is 12.5. The molecule has 0 spiro atoms. The first-order valence-electron chi connectivity index (χ1n) is 7.26. The molecule has 21 heavy (non-hydrogen) atoms. The molecule has 1 fully saturated rings. The lowest BCUT2D eigenvalue weighted by Gasteiger charge is -2.31. The number of nitrogens with zero attached hydrogens (tertiary/aromatic N) is 1. The minimum absolute atomic E-state index is 0.234. The van der Waals surface area contributed by atoms with E-state index in [0.717, 1.165) is 12.8 Å². The third-order valence-corrected chi connectivity index (χ3v) is 5.07. The first kappa shape index (κ1) is 16.1. The maximum absolute atomic E-state index is 12.5. The molecule has 1 aromatic rings. The van der Waals surface area contributed by atoms with Crippen molar-refractivity contribution < 1.29 is 13.2 Å². The zero-order valence-electron chi connectivity index (χ0n) is 12.3. The Morgan fingerprint density at radius 2 is 2.19 bits per heavy atom. The molecule has 0 radical (unpaired) electrons. The fourth-order valence-corrected chi connectivity index (χ4v) is 3.83. The molecular formula is C14H23N3O3S. The van der Waals surface area contributed by atoms with Gasteiger partial charge in [-0.05, 0) is 44.4 Å². The lowest BCUT2D eigenvalue weighted by molar-refractivity contribution is 0.272. The van der Waals surface area contributed by atoms with Crippen LogP contribution < -0.4 is 15.2 Å². The van der Waals surface area contributed by atoms with Gasteiger partial charge in [0.05, 0.1) is 12.3 Å². The molecule has 1 atom stereocenters. The van der Waals surface area contributed by atoms with Crippen molar-refractivity contribution in [3.05, 3.63) is 24.3 Å². The second-order valence-corrected chi connectivity index (χ2v) is 6.81. The first-order valence-corrected chi connectivity index (χ1v) is 8.70. The molecule has 0 bridgehead atoms. The SMILES string of the molecule is CCOc1ccccc1NS(=O)(=O)N1CCCC(CN)C1. The van der Waals surface area contributed by atoms with Gasteiger partial charge in [-0.15, -0.1) is 0 Å². The molecule has 1 aromatic carbocycles. The van der Waals surface area contributed by atoms with Gasteiger partial charge in [0.25, 0.3) is 0 Å². The second-order valence-electron chi connectivity index (χ2n) is 5.14. The minimum atomic E-state index is -3.57. The average molecular weight is 313 g/mol. The highest BCUT2D eigenvalue weighted by Gasteiger charge is 2.28. The summed E-state index contributed by atoms with van der Waals surface area (Å²) in [7, 11) is -3.57. The molecule has 118 valence electrons. The largest absolute Gasteiger partial charge is 0.492 e. The Balaban J connectivity index is 2.14. The van der Waals surface area contributed by atoms with E-state index in [1.54, 1.807) is 18.2 Å². The van der Waals surface area contributed by atoms with Crippen LogP contribution in [0.15, 0.2) is 24.3 Å². The van der Waals surface area contributed by atoms with Crippen LogP contribution in [0, 0.1) is 5.92 Å². The number of hydrogen-bond donors (Lipinski definition) is 2. The second kappa shape index (κ2) is 7.11. The lowest BCUT2D eigenvalue weighted by Crippen LogP contribution is -2.44. The van der Waals surface area contributed by atoms with Gasteiger partial charge in [0.1, 0.15) is 5.75 Å². The summed E-state index contributed by atoms with van der Waals surface area (Å²) >= 11 is 0. The maximum Gasteiger partial charge on any atom is 0.301 e. The first-order chi connectivity index (χ1) is 10.1.